The monoisotopic (exact) mass is 1140 g/mol. The van der Waals surface area contributed by atoms with Crippen LogP contribution in [0.1, 0.15) is 265 Å². The Kier molecular flexibility index (Phi) is 64.4. The molecule has 0 spiro atoms. The quantitative estimate of drug-likeness (QED) is 0.0261. The summed E-state index contributed by atoms with van der Waals surface area (Å²) in [6.45, 7) is 6.20. The van der Waals surface area contributed by atoms with Crippen LogP contribution in [0.15, 0.2) is 182 Å². The number of hydrogen-bond acceptors (Lipinski definition) is 6. The van der Waals surface area contributed by atoms with Gasteiger partial charge < -0.3 is 14.2 Å². The van der Waals surface area contributed by atoms with Crippen LogP contribution in [0.3, 0.4) is 0 Å². The van der Waals surface area contributed by atoms with Gasteiger partial charge in [-0.15, -0.1) is 0 Å². The van der Waals surface area contributed by atoms with Crippen LogP contribution in [0.25, 0.3) is 0 Å². The van der Waals surface area contributed by atoms with Crippen molar-refractivity contribution < 1.29 is 28.6 Å². The van der Waals surface area contributed by atoms with Gasteiger partial charge in [0.1, 0.15) is 13.2 Å². The first-order chi connectivity index (χ1) is 41.0. The van der Waals surface area contributed by atoms with Crippen molar-refractivity contribution in [3.8, 4) is 0 Å². The van der Waals surface area contributed by atoms with Crippen LogP contribution in [0, 0.1) is 0 Å². The summed E-state index contributed by atoms with van der Waals surface area (Å²) in [5, 5.41) is 0. The summed E-state index contributed by atoms with van der Waals surface area (Å²) in [5.41, 5.74) is 0. The van der Waals surface area contributed by atoms with E-state index in [0.29, 0.717) is 19.3 Å². The van der Waals surface area contributed by atoms with Gasteiger partial charge in [0.2, 0.25) is 0 Å². The highest BCUT2D eigenvalue weighted by atomic mass is 16.6. The van der Waals surface area contributed by atoms with Crippen molar-refractivity contribution in [2.45, 2.75) is 271 Å². The number of allylic oxidation sites excluding steroid dienone is 30. The summed E-state index contributed by atoms with van der Waals surface area (Å²) in [6, 6.07) is 0. The maximum Gasteiger partial charge on any atom is 0.306 e. The number of unbranched alkanes of at least 4 members (excludes halogenated alkanes) is 17. The Morgan fingerprint density at radius 1 is 0.241 bits per heavy atom. The van der Waals surface area contributed by atoms with Gasteiger partial charge >= 0.3 is 17.9 Å². The fraction of sp³-hybridized carbons (Fsp3) is 0.571. The topological polar surface area (TPSA) is 78.9 Å². The van der Waals surface area contributed by atoms with Crippen LogP contribution in [-0.4, -0.2) is 37.2 Å². The summed E-state index contributed by atoms with van der Waals surface area (Å²) in [6.07, 6.45) is 104. The van der Waals surface area contributed by atoms with Crippen molar-refractivity contribution in [2.24, 2.45) is 0 Å². The van der Waals surface area contributed by atoms with Gasteiger partial charge in [-0.1, -0.05) is 287 Å². The van der Waals surface area contributed by atoms with Crippen molar-refractivity contribution >= 4 is 17.9 Å². The first-order valence-corrected chi connectivity index (χ1v) is 33.3. The first kappa shape index (κ1) is 77.5. The predicted molar refractivity (Wildman–Crippen MR) is 361 cm³/mol. The molecule has 83 heavy (non-hydrogen) atoms. The average Bonchev–Trinajstić information content (AvgIpc) is 3.49. The smallest absolute Gasteiger partial charge is 0.306 e. The fourth-order valence-corrected chi connectivity index (χ4v) is 8.55. The highest BCUT2D eigenvalue weighted by Gasteiger charge is 2.19. The Bertz CT molecular complexity index is 1940. The minimum atomic E-state index is -0.841. The number of rotatable bonds is 58. The lowest BCUT2D eigenvalue weighted by molar-refractivity contribution is -0.166. The molecule has 6 heteroatoms. The fourth-order valence-electron chi connectivity index (χ4n) is 8.55. The minimum absolute atomic E-state index is 0.125. The summed E-state index contributed by atoms with van der Waals surface area (Å²) in [4.78, 5) is 38.3. The lowest BCUT2D eigenvalue weighted by Crippen LogP contribution is -2.30. The Balaban J connectivity index is 4.34. The number of carbonyl (C=O) groups excluding carboxylic acids is 3. The van der Waals surface area contributed by atoms with Crippen molar-refractivity contribution in [3.63, 3.8) is 0 Å². The van der Waals surface area contributed by atoms with E-state index in [2.05, 4.69) is 191 Å². The summed E-state index contributed by atoms with van der Waals surface area (Å²) >= 11 is 0. The van der Waals surface area contributed by atoms with Crippen molar-refractivity contribution in [2.75, 3.05) is 13.2 Å². The maximum atomic E-state index is 12.9. The van der Waals surface area contributed by atoms with E-state index < -0.39 is 12.1 Å². The van der Waals surface area contributed by atoms with Crippen molar-refractivity contribution in [3.05, 3.63) is 182 Å². The zero-order valence-corrected chi connectivity index (χ0v) is 53.1. The molecule has 0 aliphatic heterocycles. The Morgan fingerprint density at radius 3 is 0.735 bits per heavy atom. The molecular formula is C77H120O6. The second kappa shape index (κ2) is 69.0. The number of ether oxygens (including phenoxy) is 3. The zero-order valence-electron chi connectivity index (χ0n) is 53.1. The van der Waals surface area contributed by atoms with Gasteiger partial charge in [0.25, 0.3) is 0 Å². The Morgan fingerprint density at radius 2 is 0.458 bits per heavy atom. The lowest BCUT2D eigenvalue weighted by atomic mass is 10.0. The molecule has 0 N–H and O–H groups in total. The molecule has 0 fully saturated rings. The van der Waals surface area contributed by atoms with E-state index >= 15 is 0 Å². The van der Waals surface area contributed by atoms with E-state index in [9.17, 15) is 14.4 Å². The second-order valence-corrected chi connectivity index (χ2v) is 21.2. The number of carbonyl (C=O) groups is 3. The van der Waals surface area contributed by atoms with E-state index in [1.54, 1.807) is 0 Å². The summed E-state index contributed by atoms with van der Waals surface area (Å²) in [7, 11) is 0. The van der Waals surface area contributed by atoms with Gasteiger partial charge in [0, 0.05) is 19.3 Å². The van der Waals surface area contributed by atoms with E-state index in [-0.39, 0.29) is 31.6 Å². The molecule has 0 aromatic rings. The lowest BCUT2D eigenvalue weighted by Gasteiger charge is -2.18. The zero-order chi connectivity index (χ0) is 59.9. The van der Waals surface area contributed by atoms with E-state index in [4.69, 9.17) is 14.2 Å². The molecule has 0 saturated carbocycles. The molecule has 0 rings (SSSR count). The van der Waals surface area contributed by atoms with E-state index in [0.717, 1.165) is 141 Å². The second-order valence-electron chi connectivity index (χ2n) is 21.2. The average molecular weight is 1140 g/mol. The Labute approximate surface area is 510 Å². The first-order valence-electron chi connectivity index (χ1n) is 33.3. The molecule has 0 radical (unpaired) electrons. The van der Waals surface area contributed by atoms with E-state index in [1.807, 2.05) is 12.2 Å². The number of hydrogen-bond donors (Lipinski definition) is 0. The van der Waals surface area contributed by atoms with Gasteiger partial charge in [-0.25, -0.2) is 0 Å². The Hall–Kier alpha value is -5.49. The van der Waals surface area contributed by atoms with Gasteiger partial charge in [-0.2, -0.15) is 0 Å². The molecule has 0 aromatic heterocycles. The third kappa shape index (κ3) is 67.2. The molecule has 464 valence electrons. The minimum Gasteiger partial charge on any atom is -0.462 e. The summed E-state index contributed by atoms with van der Waals surface area (Å²) < 4.78 is 16.8. The van der Waals surface area contributed by atoms with Crippen LogP contribution in [0.5, 0.6) is 0 Å². The van der Waals surface area contributed by atoms with E-state index in [1.165, 1.54) is 77.0 Å². The molecule has 0 bridgehead atoms. The highest BCUT2D eigenvalue weighted by Crippen LogP contribution is 2.15. The predicted octanol–water partition coefficient (Wildman–Crippen LogP) is 23.2. The van der Waals surface area contributed by atoms with Gasteiger partial charge in [0.05, 0.1) is 0 Å². The third-order valence-corrected chi connectivity index (χ3v) is 13.4. The van der Waals surface area contributed by atoms with Crippen LogP contribution < -0.4 is 0 Å². The molecule has 0 aromatic carbocycles. The van der Waals surface area contributed by atoms with Gasteiger partial charge in [-0.05, 0) is 141 Å². The molecule has 0 saturated heterocycles. The van der Waals surface area contributed by atoms with Crippen LogP contribution >= 0.6 is 0 Å². The molecule has 1 atom stereocenters. The molecular weight excluding hydrogens is 1020 g/mol. The molecule has 1 unspecified atom stereocenters. The third-order valence-electron chi connectivity index (χ3n) is 13.4. The van der Waals surface area contributed by atoms with Crippen LogP contribution in [0.4, 0.5) is 0 Å². The summed E-state index contributed by atoms with van der Waals surface area (Å²) in [5.74, 6) is -1.05. The molecule has 0 aliphatic rings. The normalized spacial score (nSPS) is 13.3. The maximum absolute atomic E-state index is 12.9. The molecule has 6 nitrogen and oxygen atoms in total. The molecule has 0 aliphatic carbocycles. The van der Waals surface area contributed by atoms with Gasteiger partial charge in [0.15, 0.2) is 6.10 Å². The van der Waals surface area contributed by atoms with Crippen molar-refractivity contribution in [1.82, 2.24) is 0 Å². The molecule has 0 heterocycles. The molecule has 0 amide bonds. The largest absolute Gasteiger partial charge is 0.462 e. The highest BCUT2D eigenvalue weighted by molar-refractivity contribution is 5.71. The van der Waals surface area contributed by atoms with Crippen LogP contribution in [0.2, 0.25) is 0 Å². The van der Waals surface area contributed by atoms with Crippen molar-refractivity contribution in [1.29, 1.82) is 0 Å². The van der Waals surface area contributed by atoms with Gasteiger partial charge in [-0.3, -0.25) is 14.4 Å². The SMILES string of the molecule is CC/C=C\C/C=C\C/C=C\C/C=C\C/C=C\C/C=C\CCCCCCCCCCCCCCCCC(=O)OCC(COC(=O)CCCCC/C=C\C/C=C\C/C=C\CC)OC(=O)CC/C=C\C/C=C\C/C=C\C/C=C\C/C=C\C/C=C\CC. The standard InChI is InChI=1S/C77H120O6/c1-4-7-10-13-16-19-22-25-27-29-31-32-33-34-35-36-37-38-39-40-41-42-43-44-46-47-49-52-55-58-61-64-67-70-76(79)82-73-74(72-81-75(78)69-66-63-60-57-54-51-24-21-18-15-12-9-6-3)83-77(80)71-68-65-62-59-56-53-50-48-45-30-28-26-23-20-17-14-11-8-5-2/h7-12,16-21,25-28,31-32,34-35,37-38,45,48,51,53-54,56,62,65,74H,4-6,13-15,22-24,29-30,33,36,39-44,46-47,49-50,52,55,57-61,63-64,66-73H2,1-3H3/b10-7-,11-8-,12-9-,19-16-,20-17-,21-18-,27-25-,28-26-,32-31-,35-34-,38-37-,48-45-,54-51-,56-53-,65-62-. The number of esters is 3. The van der Waals surface area contributed by atoms with Crippen LogP contribution in [-0.2, 0) is 28.6 Å².